The third kappa shape index (κ3) is 4.38. The fraction of sp³-hybridized carbons (Fsp3) is 0.500. The molecular weight excluding hydrogens is 340 g/mol. The number of halogens is 6. The van der Waals surface area contributed by atoms with Crippen molar-refractivity contribution in [2.75, 3.05) is 13.7 Å². The predicted molar refractivity (Wildman–Crippen MR) is 76.3 cm³/mol. The van der Waals surface area contributed by atoms with Gasteiger partial charge in [-0.15, -0.1) is 0 Å². The molecule has 1 aromatic carbocycles. The second kappa shape index (κ2) is 7.39. The second-order valence-electron chi connectivity index (χ2n) is 4.60. The van der Waals surface area contributed by atoms with Crippen LogP contribution in [0.25, 0.3) is 11.0 Å². The van der Waals surface area contributed by atoms with Crippen LogP contribution in [-0.2, 0) is 17.1 Å². The van der Waals surface area contributed by atoms with Crippen LogP contribution in [0.3, 0.4) is 0 Å². The number of H-pyrrole nitrogens is 1. The number of imidazole rings is 1. The minimum Gasteiger partial charge on any atom is -0.383 e. The quantitative estimate of drug-likeness (QED) is 0.806. The summed E-state index contributed by atoms with van der Waals surface area (Å²) in [6.45, 7) is 3.95. The van der Waals surface area contributed by atoms with Crippen LogP contribution in [0, 0.1) is 0 Å². The number of rotatable bonds is 3. The lowest BCUT2D eigenvalue weighted by Gasteiger charge is -2.11. The third-order valence-electron chi connectivity index (χ3n) is 2.94. The minimum absolute atomic E-state index is 0.0365. The largest absolute Gasteiger partial charge is 0.418 e. The number of hydrogen-bond donors (Lipinski definition) is 2. The Morgan fingerprint density at radius 1 is 1.12 bits per heavy atom. The van der Waals surface area contributed by atoms with Gasteiger partial charge in [0.25, 0.3) is 0 Å². The average Bonchev–Trinajstić information content (AvgIpc) is 2.90. The molecule has 1 aromatic heterocycles. The van der Waals surface area contributed by atoms with Gasteiger partial charge in [-0.2, -0.15) is 26.3 Å². The van der Waals surface area contributed by atoms with Crippen molar-refractivity contribution in [1.29, 1.82) is 0 Å². The van der Waals surface area contributed by atoms with E-state index in [1.165, 1.54) is 7.11 Å². The van der Waals surface area contributed by atoms with Crippen LogP contribution in [-0.4, -0.2) is 23.7 Å². The molecule has 0 saturated carbocycles. The van der Waals surface area contributed by atoms with Crippen molar-refractivity contribution in [1.82, 2.24) is 9.97 Å². The molecule has 0 fully saturated rings. The first-order valence-electron chi connectivity index (χ1n) is 6.96. The Bertz CT molecular complexity index is 677. The molecule has 0 radical (unpaired) electrons. The highest BCUT2D eigenvalue weighted by Gasteiger charge is 2.39. The van der Waals surface area contributed by atoms with Crippen molar-refractivity contribution in [2.24, 2.45) is 5.73 Å². The molecule has 3 N–H and O–H groups in total. The smallest absolute Gasteiger partial charge is 0.383 e. The number of aromatic amines is 1. The van der Waals surface area contributed by atoms with E-state index in [0.29, 0.717) is 6.07 Å². The number of alkyl halides is 6. The molecule has 1 atom stereocenters. The molecule has 2 aromatic rings. The highest BCUT2D eigenvalue weighted by molar-refractivity contribution is 5.80. The first-order valence-corrected chi connectivity index (χ1v) is 6.96. The molecule has 0 aliphatic heterocycles. The number of methoxy groups -OCH3 is 1. The van der Waals surface area contributed by atoms with Crippen molar-refractivity contribution < 1.29 is 31.1 Å². The summed E-state index contributed by atoms with van der Waals surface area (Å²) >= 11 is 0. The maximum atomic E-state index is 13.0. The van der Waals surface area contributed by atoms with Crippen molar-refractivity contribution >= 4 is 11.0 Å². The van der Waals surface area contributed by atoms with E-state index in [1.807, 2.05) is 13.8 Å². The van der Waals surface area contributed by atoms with Gasteiger partial charge in [0.2, 0.25) is 0 Å². The molecule has 0 saturated heterocycles. The van der Waals surface area contributed by atoms with Crippen LogP contribution >= 0.6 is 0 Å². The van der Waals surface area contributed by atoms with Crippen molar-refractivity contribution in [3.8, 4) is 0 Å². The second-order valence-corrected chi connectivity index (χ2v) is 4.60. The Labute approximate surface area is 134 Å². The van der Waals surface area contributed by atoms with Gasteiger partial charge in [-0.1, -0.05) is 13.8 Å². The van der Waals surface area contributed by atoms with E-state index in [9.17, 15) is 26.3 Å². The van der Waals surface area contributed by atoms with Crippen LogP contribution in [0.5, 0.6) is 0 Å². The van der Waals surface area contributed by atoms with Gasteiger partial charge in [0, 0.05) is 7.11 Å². The van der Waals surface area contributed by atoms with Gasteiger partial charge in [0.05, 0.1) is 29.3 Å². The maximum Gasteiger partial charge on any atom is 0.418 e. The normalized spacial score (nSPS) is 13.6. The van der Waals surface area contributed by atoms with E-state index < -0.39 is 35.0 Å². The Morgan fingerprint density at radius 2 is 1.71 bits per heavy atom. The summed E-state index contributed by atoms with van der Waals surface area (Å²) in [5.41, 5.74) is 1.75. The Hall–Kier alpha value is -1.81. The first-order chi connectivity index (χ1) is 11.0. The lowest BCUT2D eigenvalue weighted by Crippen LogP contribution is -2.17. The third-order valence-corrected chi connectivity index (χ3v) is 2.94. The number of nitrogens with two attached hydrogens (primary N) is 1. The zero-order valence-corrected chi connectivity index (χ0v) is 13.1. The van der Waals surface area contributed by atoms with E-state index in [2.05, 4.69) is 9.97 Å². The summed E-state index contributed by atoms with van der Waals surface area (Å²) in [5, 5.41) is 0. The number of ether oxygens (including phenoxy) is 1. The van der Waals surface area contributed by atoms with Gasteiger partial charge in [0.15, 0.2) is 0 Å². The number of fused-ring (bicyclic) bond motifs is 1. The van der Waals surface area contributed by atoms with Gasteiger partial charge in [-0.25, -0.2) is 4.98 Å². The maximum absolute atomic E-state index is 13.0. The fourth-order valence-corrected chi connectivity index (χ4v) is 1.95. The number of aromatic nitrogens is 2. The monoisotopic (exact) mass is 357 g/mol. The summed E-state index contributed by atoms with van der Waals surface area (Å²) in [5.74, 6) is -0.0818. The zero-order valence-electron chi connectivity index (χ0n) is 13.1. The van der Waals surface area contributed by atoms with E-state index in [0.717, 1.165) is 0 Å². The zero-order chi connectivity index (χ0) is 18.7. The lowest BCUT2D eigenvalue weighted by molar-refractivity contribution is -0.142. The number of benzene rings is 1. The van der Waals surface area contributed by atoms with Gasteiger partial charge < -0.3 is 15.5 Å². The molecule has 0 bridgehead atoms. The predicted octanol–water partition coefficient (Wildman–Crippen LogP) is 4.27. The molecule has 1 heterocycles. The SMILES string of the molecule is CC.COCC(N)c1nc2c(C(F)(F)F)cc(C(F)(F)F)cc2[nH]1. The van der Waals surface area contributed by atoms with Gasteiger partial charge in [-0.05, 0) is 12.1 Å². The molecule has 1 unspecified atom stereocenters. The lowest BCUT2D eigenvalue weighted by atomic mass is 10.1. The average molecular weight is 357 g/mol. The summed E-state index contributed by atoms with van der Waals surface area (Å²) in [4.78, 5) is 6.06. The van der Waals surface area contributed by atoms with Gasteiger partial charge >= 0.3 is 12.4 Å². The summed E-state index contributed by atoms with van der Waals surface area (Å²) in [6, 6.07) is -0.275. The molecule has 136 valence electrons. The fourth-order valence-electron chi connectivity index (χ4n) is 1.95. The van der Waals surface area contributed by atoms with Crippen LogP contribution in [0.15, 0.2) is 12.1 Å². The molecule has 24 heavy (non-hydrogen) atoms. The molecule has 4 nitrogen and oxygen atoms in total. The molecule has 0 aliphatic carbocycles. The molecule has 2 rings (SSSR count). The molecule has 0 aliphatic rings. The Kier molecular flexibility index (Phi) is 6.23. The van der Waals surface area contributed by atoms with Crippen LogP contribution in [0.1, 0.15) is 36.8 Å². The van der Waals surface area contributed by atoms with E-state index in [1.54, 1.807) is 0 Å². The van der Waals surface area contributed by atoms with E-state index in [-0.39, 0.29) is 24.0 Å². The van der Waals surface area contributed by atoms with Crippen LogP contribution in [0.2, 0.25) is 0 Å². The number of nitrogens with zero attached hydrogens (tertiary/aromatic N) is 1. The van der Waals surface area contributed by atoms with Gasteiger partial charge in [0.1, 0.15) is 11.3 Å². The van der Waals surface area contributed by atoms with Crippen molar-refractivity contribution in [3.05, 3.63) is 29.1 Å². The van der Waals surface area contributed by atoms with E-state index >= 15 is 0 Å². The number of hydrogen-bond acceptors (Lipinski definition) is 3. The van der Waals surface area contributed by atoms with Crippen molar-refractivity contribution in [3.63, 3.8) is 0 Å². The summed E-state index contributed by atoms with van der Waals surface area (Å²) in [6.07, 6.45) is -9.88. The van der Waals surface area contributed by atoms with Crippen LogP contribution in [0.4, 0.5) is 26.3 Å². The standard InChI is InChI=1S/C12H11F6N3O.C2H6/c1-22-4-7(19)10-20-8-3-5(11(13,14)15)2-6(9(8)21-10)12(16,17)18;1-2/h2-3,7H,4,19H2,1H3,(H,20,21);1-2H3. The summed E-state index contributed by atoms with van der Waals surface area (Å²) in [7, 11) is 1.32. The molecule has 0 amide bonds. The molecular formula is C14H17F6N3O. The first kappa shape index (κ1) is 20.2. The topological polar surface area (TPSA) is 63.9 Å². The van der Waals surface area contributed by atoms with Crippen LogP contribution < -0.4 is 5.73 Å². The Morgan fingerprint density at radius 3 is 2.17 bits per heavy atom. The number of nitrogens with one attached hydrogen (secondary N) is 1. The minimum atomic E-state index is -4.97. The Balaban J connectivity index is 0.00000139. The van der Waals surface area contributed by atoms with Crippen molar-refractivity contribution in [2.45, 2.75) is 32.2 Å². The van der Waals surface area contributed by atoms with E-state index in [4.69, 9.17) is 10.5 Å². The van der Waals surface area contributed by atoms with Gasteiger partial charge in [-0.3, -0.25) is 0 Å². The summed E-state index contributed by atoms with van der Waals surface area (Å²) < 4.78 is 81.8. The highest BCUT2D eigenvalue weighted by Crippen LogP contribution is 2.39. The molecule has 10 heteroatoms. The molecule has 0 spiro atoms. The highest BCUT2D eigenvalue weighted by atomic mass is 19.4.